The summed E-state index contributed by atoms with van der Waals surface area (Å²) in [7, 11) is 3.23. The minimum absolute atomic E-state index is 0.0734. The van der Waals surface area contributed by atoms with Crippen molar-refractivity contribution in [1.29, 1.82) is 5.26 Å². The third-order valence-electron chi connectivity index (χ3n) is 5.22. The third kappa shape index (κ3) is 4.64. The highest BCUT2D eigenvalue weighted by molar-refractivity contribution is 6.09. The first-order valence-corrected chi connectivity index (χ1v) is 10.0. The van der Waals surface area contributed by atoms with E-state index in [0.29, 0.717) is 43.1 Å². The van der Waals surface area contributed by atoms with Gasteiger partial charge in [-0.2, -0.15) is 5.26 Å². The van der Waals surface area contributed by atoms with Crippen LogP contribution in [0, 0.1) is 11.3 Å². The highest BCUT2D eigenvalue weighted by atomic mass is 16.5. The van der Waals surface area contributed by atoms with Crippen LogP contribution >= 0.6 is 0 Å². The van der Waals surface area contributed by atoms with Crippen LogP contribution in [0.25, 0.3) is 10.9 Å². The topological polar surface area (TPSA) is 67.5 Å². The molecule has 3 rings (SSSR count). The minimum Gasteiger partial charge on any atom is -0.493 e. The summed E-state index contributed by atoms with van der Waals surface area (Å²) < 4.78 is 12.7. The summed E-state index contributed by atoms with van der Waals surface area (Å²) in [5, 5.41) is 9.86. The standard InChI is InChI=1S/C24H27N3O3/c1-4-26(15-18-10-11-23(29-2)24(14-18)30-3)17-22(28)20-16-27(13-7-12-25)21-9-6-5-8-19(20)21/h5-6,8-11,14,16H,4,7,13,15,17H2,1-3H3. The molecule has 0 fully saturated rings. The van der Waals surface area contributed by atoms with E-state index < -0.39 is 0 Å². The van der Waals surface area contributed by atoms with Crippen molar-refractivity contribution < 1.29 is 14.3 Å². The molecule has 6 heteroatoms. The lowest BCUT2D eigenvalue weighted by Crippen LogP contribution is -2.29. The molecule has 30 heavy (non-hydrogen) atoms. The Labute approximate surface area is 177 Å². The second-order valence-corrected chi connectivity index (χ2v) is 7.08. The number of para-hydroxylation sites is 1. The number of nitrogens with zero attached hydrogens (tertiary/aromatic N) is 3. The summed E-state index contributed by atoms with van der Waals surface area (Å²) in [6.45, 7) is 4.32. The maximum absolute atomic E-state index is 13.2. The number of benzene rings is 2. The predicted molar refractivity (Wildman–Crippen MR) is 117 cm³/mol. The Bertz CT molecular complexity index is 1070. The van der Waals surface area contributed by atoms with E-state index in [1.807, 2.05) is 60.2 Å². The summed E-state index contributed by atoms with van der Waals surface area (Å²) in [5.74, 6) is 1.44. The fourth-order valence-electron chi connectivity index (χ4n) is 3.63. The van der Waals surface area contributed by atoms with Crippen molar-refractivity contribution in [3.8, 4) is 17.6 Å². The molecule has 0 spiro atoms. The zero-order chi connectivity index (χ0) is 21.5. The quantitative estimate of drug-likeness (QED) is 0.471. The van der Waals surface area contributed by atoms with Crippen molar-refractivity contribution in [2.75, 3.05) is 27.3 Å². The Morgan fingerprint density at radius 2 is 1.90 bits per heavy atom. The molecular weight excluding hydrogens is 378 g/mol. The van der Waals surface area contributed by atoms with Gasteiger partial charge in [-0.3, -0.25) is 9.69 Å². The average Bonchev–Trinajstić information content (AvgIpc) is 3.15. The van der Waals surface area contributed by atoms with Gasteiger partial charge in [0.15, 0.2) is 17.3 Å². The summed E-state index contributed by atoms with van der Waals surface area (Å²) in [6, 6.07) is 15.8. The lowest BCUT2D eigenvalue weighted by Gasteiger charge is -2.20. The van der Waals surface area contributed by atoms with E-state index in [9.17, 15) is 4.79 Å². The van der Waals surface area contributed by atoms with Crippen molar-refractivity contribution >= 4 is 16.7 Å². The molecule has 0 aliphatic rings. The molecule has 0 aliphatic carbocycles. The smallest absolute Gasteiger partial charge is 0.178 e. The minimum atomic E-state index is 0.0734. The number of aryl methyl sites for hydroxylation is 1. The fraction of sp³-hybridized carbons (Fsp3) is 0.333. The molecule has 0 unspecified atom stereocenters. The van der Waals surface area contributed by atoms with Crippen LogP contribution in [0.3, 0.4) is 0 Å². The summed E-state index contributed by atoms with van der Waals surface area (Å²) in [5.41, 5.74) is 2.74. The summed E-state index contributed by atoms with van der Waals surface area (Å²) >= 11 is 0. The van der Waals surface area contributed by atoms with E-state index in [-0.39, 0.29) is 5.78 Å². The summed E-state index contributed by atoms with van der Waals surface area (Å²) in [6.07, 6.45) is 2.29. The first kappa shape index (κ1) is 21.4. The van der Waals surface area contributed by atoms with Gasteiger partial charge in [-0.15, -0.1) is 0 Å². The van der Waals surface area contributed by atoms with Gasteiger partial charge >= 0.3 is 0 Å². The van der Waals surface area contributed by atoms with Crippen molar-refractivity contribution in [3.05, 3.63) is 59.8 Å². The molecule has 0 saturated carbocycles. The number of hydrogen-bond donors (Lipinski definition) is 0. The Kier molecular flexibility index (Phi) is 7.10. The van der Waals surface area contributed by atoms with Crippen molar-refractivity contribution in [2.45, 2.75) is 26.4 Å². The van der Waals surface area contributed by atoms with E-state index >= 15 is 0 Å². The van der Waals surface area contributed by atoms with Gasteiger partial charge in [-0.05, 0) is 30.3 Å². The van der Waals surface area contributed by atoms with Gasteiger partial charge in [0.2, 0.25) is 0 Å². The zero-order valence-corrected chi connectivity index (χ0v) is 17.7. The molecule has 6 nitrogen and oxygen atoms in total. The van der Waals surface area contributed by atoms with Crippen molar-refractivity contribution in [3.63, 3.8) is 0 Å². The number of carbonyl (C=O) groups is 1. The molecule has 0 radical (unpaired) electrons. The zero-order valence-electron chi connectivity index (χ0n) is 17.7. The molecule has 0 bridgehead atoms. The Balaban J connectivity index is 1.80. The summed E-state index contributed by atoms with van der Waals surface area (Å²) in [4.78, 5) is 15.3. The number of ketones is 1. The Morgan fingerprint density at radius 3 is 2.60 bits per heavy atom. The lowest BCUT2D eigenvalue weighted by atomic mass is 10.1. The average molecular weight is 405 g/mol. The van der Waals surface area contributed by atoms with Gasteiger partial charge in [0.1, 0.15) is 0 Å². The molecule has 2 aromatic carbocycles. The number of likely N-dealkylation sites (N-methyl/N-ethyl adjacent to an activating group) is 1. The first-order valence-electron chi connectivity index (χ1n) is 10.0. The van der Waals surface area contributed by atoms with Gasteiger partial charge in [-0.25, -0.2) is 0 Å². The predicted octanol–water partition coefficient (Wildman–Crippen LogP) is 4.28. The molecule has 156 valence electrons. The number of hydrogen-bond acceptors (Lipinski definition) is 5. The van der Waals surface area contributed by atoms with Crippen LogP contribution in [0.1, 0.15) is 29.3 Å². The van der Waals surface area contributed by atoms with Crippen LogP contribution in [-0.2, 0) is 13.1 Å². The first-order chi connectivity index (χ1) is 14.6. The second-order valence-electron chi connectivity index (χ2n) is 7.08. The van der Waals surface area contributed by atoms with Crippen LogP contribution in [0.15, 0.2) is 48.7 Å². The van der Waals surface area contributed by atoms with E-state index in [2.05, 4.69) is 11.0 Å². The maximum Gasteiger partial charge on any atom is 0.178 e. The van der Waals surface area contributed by atoms with Gasteiger partial charge < -0.3 is 14.0 Å². The van der Waals surface area contributed by atoms with E-state index in [1.54, 1.807) is 14.2 Å². The molecule has 0 amide bonds. The SMILES string of the molecule is CCN(CC(=O)c1cn(CCC#N)c2ccccc12)Cc1ccc(OC)c(OC)c1. The molecular formula is C24H27N3O3. The fourth-order valence-corrected chi connectivity index (χ4v) is 3.63. The molecule has 1 aromatic heterocycles. The largest absolute Gasteiger partial charge is 0.493 e. The van der Waals surface area contributed by atoms with Gasteiger partial charge in [0, 0.05) is 35.8 Å². The number of nitriles is 1. The highest BCUT2D eigenvalue weighted by Gasteiger charge is 2.18. The Morgan fingerprint density at radius 1 is 1.13 bits per heavy atom. The van der Waals surface area contributed by atoms with Gasteiger partial charge in [0.05, 0.1) is 33.3 Å². The van der Waals surface area contributed by atoms with E-state index in [1.165, 1.54) is 0 Å². The van der Waals surface area contributed by atoms with E-state index in [0.717, 1.165) is 23.0 Å². The number of fused-ring (bicyclic) bond motifs is 1. The number of methoxy groups -OCH3 is 2. The van der Waals surface area contributed by atoms with E-state index in [4.69, 9.17) is 14.7 Å². The lowest BCUT2D eigenvalue weighted by molar-refractivity contribution is 0.0931. The molecule has 0 saturated heterocycles. The number of aromatic nitrogens is 1. The number of ether oxygens (including phenoxy) is 2. The van der Waals surface area contributed by atoms with Crippen LogP contribution in [-0.4, -0.2) is 42.6 Å². The maximum atomic E-state index is 13.2. The molecule has 1 heterocycles. The van der Waals surface area contributed by atoms with Crippen LogP contribution in [0.2, 0.25) is 0 Å². The van der Waals surface area contributed by atoms with Crippen LogP contribution in [0.5, 0.6) is 11.5 Å². The molecule has 0 atom stereocenters. The number of carbonyl (C=O) groups excluding carboxylic acids is 1. The monoisotopic (exact) mass is 405 g/mol. The van der Waals surface area contributed by atoms with Gasteiger partial charge in [0.25, 0.3) is 0 Å². The van der Waals surface area contributed by atoms with Crippen molar-refractivity contribution in [1.82, 2.24) is 9.47 Å². The Hall–Kier alpha value is -3.30. The molecule has 3 aromatic rings. The second kappa shape index (κ2) is 9.95. The third-order valence-corrected chi connectivity index (χ3v) is 5.22. The highest BCUT2D eigenvalue weighted by Crippen LogP contribution is 2.28. The number of Topliss-reactive ketones (excluding diaryl/α,β-unsaturated/α-hetero) is 1. The van der Waals surface area contributed by atoms with Crippen molar-refractivity contribution in [2.24, 2.45) is 0 Å². The van der Waals surface area contributed by atoms with Gasteiger partial charge in [-0.1, -0.05) is 31.2 Å². The van der Waals surface area contributed by atoms with Crippen LogP contribution in [0.4, 0.5) is 0 Å². The number of rotatable bonds is 10. The molecule has 0 N–H and O–H groups in total. The molecule has 0 aliphatic heterocycles. The normalized spacial score (nSPS) is 10.9. The van der Waals surface area contributed by atoms with Crippen LogP contribution < -0.4 is 9.47 Å².